The normalized spacial score (nSPS) is 17.6. The summed E-state index contributed by atoms with van der Waals surface area (Å²) in [4.78, 5) is 4.17. The van der Waals surface area contributed by atoms with Crippen LogP contribution in [0.4, 0.5) is 4.39 Å². The van der Waals surface area contributed by atoms with Gasteiger partial charge in [-0.3, -0.25) is 3.97 Å². The zero-order valence-electron chi connectivity index (χ0n) is 16.2. The first-order chi connectivity index (χ1) is 11.7. The Morgan fingerprint density at radius 2 is 1.64 bits per heavy atom. The molecule has 0 radical (unpaired) electrons. The van der Waals surface area contributed by atoms with Crippen molar-refractivity contribution in [2.45, 2.75) is 66.6 Å². The number of halogens is 2. The van der Waals surface area contributed by atoms with Gasteiger partial charge in [-0.1, -0.05) is 27.7 Å². The Bertz CT molecular complexity index is 693. The molecule has 2 aromatic heterocycles. The van der Waals surface area contributed by atoms with E-state index >= 15 is 0 Å². The van der Waals surface area contributed by atoms with Gasteiger partial charge in [-0.05, 0) is 33.8 Å². The third-order valence-corrected chi connectivity index (χ3v) is 5.89. The minimum atomic E-state index is -0.522. The number of hydrogen-bond donors (Lipinski definition) is 0. The van der Waals surface area contributed by atoms with Gasteiger partial charge in [0.25, 0.3) is 0 Å². The SMILES string of the molecule is CC.CC.CC1(C)OB(c2cn(SI)c3ncc(F)cc23)OC1(C)C. The molecule has 8 heteroatoms. The van der Waals surface area contributed by atoms with Gasteiger partial charge in [-0.2, -0.15) is 0 Å². The molecule has 0 unspecified atom stereocenters. The lowest BCUT2D eigenvalue weighted by Crippen LogP contribution is -2.41. The van der Waals surface area contributed by atoms with Gasteiger partial charge < -0.3 is 9.31 Å². The van der Waals surface area contributed by atoms with Crippen LogP contribution < -0.4 is 5.46 Å². The van der Waals surface area contributed by atoms with Crippen molar-refractivity contribution in [3.05, 3.63) is 24.3 Å². The Hall–Kier alpha value is -0.315. The average molecular weight is 480 g/mol. The largest absolute Gasteiger partial charge is 0.497 e. The van der Waals surface area contributed by atoms with E-state index < -0.39 is 18.3 Å². The van der Waals surface area contributed by atoms with Crippen molar-refractivity contribution in [2.75, 3.05) is 0 Å². The minimum Gasteiger partial charge on any atom is -0.399 e. The maximum Gasteiger partial charge on any atom is 0.497 e. The van der Waals surface area contributed by atoms with Crippen LogP contribution in [0.1, 0.15) is 55.4 Å². The molecule has 1 fully saturated rings. The van der Waals surface area contributed by atoms with Crippen LogP contribution in [0.2, 0.25) is 0 Å². The quantitative estimate of drug-likeness (QED) is 0.428. The molecule has 0 aromatic carbocycles. The average Bonchev–Trinajstić information content (AvgIpc) is 3.05. The third-order valence-electron chi connectivity index (χ3n) is 4.19. The van der Waals surface area contributed by atoms with Gasteiger partial charge in [0.05, 0.1) is 17.4 Å². The number of pyridine rings is 1. The van der Waals surface area contributed by atoms with Gasteiger partial charge in [0, 0.05) is 47.4 Å². The maximum absolute atomic E-state index is 13.6. The highest BCUT2D eigenvalue weighted by atomic mass is 127. The molecule has 4 nitrogen and oxygen atoms in total. The number of nitrogens with zero attached hydrogens (tertiary/aromatic N) is 2. The summed E-state index contributed by atoms with van der Waals surface area (Å²) in [5.74, 6) is -0.364. The van der Waals surface area contributed by atoms with Crippen LogP contribution in [0, 0.1) is 5.82 Å². The lowest BCUT2D eigenvalue weighted by Gasteiger charge is -2.32. The van der Waals surface area contributed by atoms with Crippen LogP contribution in [-0.2, 0) is 9.31 Å². The fourth-order valence-electron chi connectivity index (χ4n) is 2.29. The molecule has 2 aromatic rings. The fourth-order valence-corrected chi connectivity index (χ4v) is 3.55. The summed E-state index contributed by atoms with van der Waals surface area (Å²) >= 11 is 2.16. The molecule has 0 aliphatic carbocycles. The lowest BCUT2D eigenvalue weighted by atomic mass is 9.79. The Morgan fingerprint density at radius 1 is 1.12 bits per heavy atom. The minimum absolute atomic E-state index is 0.364. The Balaban J connectivity index is 0.000000730. The number of fused-ring (bicyclic) bond motifs is 1. The first kappa shape index (κ1) is 22.7. The molecule has 1 saturated heterocycles. The van der Waals surface area contributed by atoms with Crippen LogP contribution in [0.5, 0.6) is 0 Å². The molecule has 0 N–H and O–H groups in total. The smallest absolute Gasteiger partial charge is 0.399 e. The molecule has 0 saturated carbocycles. The van der Waals surface area contributed by atoms with Gasteiger partial charge in [0.1, 0.15) is 11.5 Å². The highest BCUT2D eigenvalue weighted by molar-refractivity contribution is 14.2. The number of hydrogen-bond acceptors (Lipinski definition) is 4. The Morgan fingerprint density at radius 3 is 2.12 bits per heavy atom. The van der Waals surface area contributed by atoms with Crippen molar-refractivity contribution in [2.24, 2.45) is 0 Å². The predicted octanol–water partition coefficient (Wildman–Crippen LogP) is 5.37. The molecule has 3 heterocycles. The van der Waals surface area contributed by atoms with Crippen LogP contribution in [0.15, 0.2) is 18.5 Å². The monoisotopic (exact) mass is 480 g/mol. The predicted molar refractivity (Wildman–Crippen MR) is 115 cm³/mol. The van der Waals surface area contributed by atoms with Gasteiger partial charge in [0.2, 0.25) is 0 Å². The summed E-state index contributed by atoms with van der Waals surface area (Å²) in [5.41, 5.74) is 0.662. The summed E-state index contributed by atoms with van der Waals surface area (Å²) in [5, 5.41) is 0.720. The highest BCUT2D eigenvalue weighted by Gasteiger charge is 2.52. The molecular formula is C17H27BFIN2O2S. The van der Waals surface area contributed by atoms with Crippen LogP contribution in [0.3, 0.4) is 0 Å². The van der Waals surface area contributed by atoms with E-state index in [0.717, 1.165) is 10.8 Å². The Kier molecular flexibility index (Phi) is 8.23. The van der Waals surface area contributed by atoms with Crippen LogP contribution in [0.25, 0.3) is 11.0 Å². The fraction of sp³-hybridized carbons (Fsp3) is 0.588. The van der Waals surface area contributed by atoms with Crippen molar-refractivity contribution in [1.29, 1.82) is 0 Å². The van der Waals surface area contributed by atoms with E-state index in [-0.39, 0.29) is 5.82 Å². The van der Waals surface area contributed by atoms with Crippen LogP contribution in [-0.4, -0.2) is 27.3 Å². The zero-order chi connectivity index (χ0) is 19.4. The van der Waals surface area contributed by atoms with E-state index in [9.17, 15) is 4.39 Å². The van der Waals surface area contributed by atoms with E-state index in [2.05, 4.69) is 26.2 Å². The first-order valence-electron chi connectivity index (χ1n) is 8.56. The first-order valence-corrected chi connectivity index (χ1v) is 11.9. The topological polar surface area (TPSA) is 36.3 Å². The molecule has 1 aliphatic heterocycles. The molecule has 1 aliphatic rings. The van der Waals surface area contributed by atoms with E-state index in [1.54, 1.807) is 0 Å². The second-order valence-electron chi connectivity index (χ2n) is 6.09. The van der Waals surface area contributed by atoms with Crippen molar-refractivity contribution >= 4 is 53.9 Å². The lowest BCUT2D eigenvalue weighted by molar-refractivity contribution is 0.00578. The third kappa shape index (κ3) is 4.51. The van der Waals surface area contributed by atoms with E-state index in [0.29, 0.717) is 5.65 Å². The summed E-state index contributed by atoms with van der Waals surface area (Å²) in [6, 6.07) is 1.48. The zero-order valence-corrected chi connectivity index (χ0v) is 19.2. The molecule has 25 heavy (non-hydrogen) atoms. The summed E-state index contributed by atoms with van der Waals surface area (Å²) in [6.07, 6.45) is 3.12. The molecule has 3 rings (SSSR count). The summed E-state index contributed by atoms with van der Waals surface area (Å²) in [7, 11) is 0.952. The van der Waals surface area contributed by atoms with E-state index in [1.165, 1.54) is 21.4 Å². The van der Waals surface area contributed by atoms with Crippen molar-refractivity contribution in [3.8, 4) is 0 Å². The molecular weight excluding hydrogens is 453 g/mol. The van der Waals surface area contributed by atoms with E-state index in [4.69, 9.17) is 9.31 Å². The number of rotatable bonds is 2. The molecule has 0 spiro atoms. The van der Waals surface area contributed by atoms with Gasteiger partial charge in [-0.25, -0.2) is 9.37 Å². The van der Waals surface area contributed by atoms with Crippen molar-refractivity contribution < 1.29 is 13.7 Å². The second-order valence-corrected chi connectivity index (χ2v) is 7.81. The number of aromatic nitrogens is 2. The van der Waals surface area contributed by atoms with E-state index in [1.807, 2.05) is 65.6 Å². The second kappa shape index (κ2) is 9.06. The van der Waals surface area contributed by atoms with Gasteiger partial charge in [0.15, 0.2) is 0 Å². The molecule has 140 valence electrons. The van der Waals surface area contributed by atoms with Gasteiger partial charge >= 0.3 is 7.12 Å². The molecule has 0 amide bonds. The standard InChI is InChI=1S/C13H15BFIN2O2S.2C2H6/c1-12(2)13(3,4)20-14(19-12)10-7-18(21-16)11-9(10)5-8(15)6-17-11;2*1-2/h5-7H,1-4H3;2*1-2H3. The maximum atomic E-state index is 13.6. The molecule has 0 bridgehead atoms. The van der Waals surface area contributed by atoms with Crippen LogP contribution >= 0.6 is 30.3 Å². The summed E-state index contributed by atoms with van der Waals surface area (Å²) < 4.78 is 27.6. The van der Waals surface area contributed by atoms with Gasteiger partial charge in [-0.15, -0.1) is 0 Å². The molecule has 0 atom stereocenters. The Labute approximate surface area is 167 Å². The van der Waals surface area contributed by atoms with Crippen molar-refractivity contribution in [1.82, 2.24) is 8.96 Å². The highest BCUT2D eigenvalue weighted by Crippen LogP contribution is 2.37. The van der Waals surface area contributed by atoms with Crippen molar-refractivity contribution in [3.63, 3.8) is 0 Å². The summed E-state index contributed by atoms with van der Waals surface area (Å²) in [6.45, 7) is 16.0.